The van der Waals surface area contributed by atoms with Crippen molar-refractivity contribution in [3.05, 3.63) is 28.8 Å². The van der Waals surface area contributed by atoms with E-state index in [1.54, 1.807) is 0 Å². The number of hydrogen-bond donors (Lipinski definition) is 1. The number of anilines is 1. The smallest absolute Gasteiger partial charge is 0.0747 e. The number of rotatable bonds is 3. The van der Waals surface area contributed by atoms with E-state index >= 15 is 0 Å². The summed E-state index contributed by atoms with van der Waals surface area (Å²) < 4.78 is 0. The van der Waals surface area contributed by atoms with Crippen LogP contribution in [0.2, 0.25) is 5.02 Å². The predicted octanol–water partition coefficient (Wildman–Crippen LogP) is 3.36. The molecule has 0 aromatic heterocycles. The Labute approximate surface area is 94.9 Å². The number of halogens is 1. The minimum atomic E-state index is -0.105. The first-order chi connectivity index (χ1) is 7.15. The molecular formula is C12H13ClN2. The van der Waals surface area contributed by atoms with Crippen molar-refractivity contribution in [2.45, 2.75) is 19.8 Å². The van der Waals surface area contributed by atoms with E-state index < -0.39 is 0 Å². The van der Waals surface area contributed by atoms with Gasteiger partial charge < -0.3 is 5.32 Å². The summed E-state index contributed by atoms with van der Waals surface area (Å²) in [6.45, 7) is 2.76. The molecule has 0 heterocycles. The molecule has 0 radical (unpaired) electrons. The first kappa shape index (κ1) is 10.3. The van der Waals surface area contributed by atoms with E-state index in [1.807, 2.05) is 25.1 Å². The molecule has 0 saturated heterocycles. The SMILES string of the molecule is Cc1cc(Cl)ccc1NCC1(C#N)CC1. The van der Waals surface area contributed by atoms with Crippen LogP contribution in [0.1, 0.15) is 18.4 Å². The van der Waals surface area contributed by atoms with Crippen LogP contribution in [0.25, 0.3) is 0 Å². The second kappa shape index (κ2) is 3.75. The summed E-state index contributed by atoms with van der Waals surface area (Å²) in [4.78, 5) is 0. The summed E-state index contributed by atoms with van der Waals surface area (Å²) in [5, 5.41) is 13.0. The fourth-order valence-electron chi connectivity index (χ4n) is 1.57. The number of nitriles is 1. The van der Waals surface area contributed by atoms with Crippen molar-refractivity contribution in [1.29, 1.82) is 5.26 Å². The molecule has 1 aromatic carbocycles. The molecule has 1 aromatic rings. The normalized spacial score (nSPS) is 16.9. The van der Waals surface area contributed by atoms with Crippen molar-refractivity contribution in [2.24, 2.45) is 5.41 Å². The second-order valence-corrected chi connectivity index (χ2v) is 4.64. The highest BCUT2D eigenvalue weighted by atomic mass is 35.5. The van der Waals surface area contributed by atoms with Gasteiger partial charge >= 0.3 is 0 Å². The van der Waals surface area contributed by atoms with Crippen molar-refractivity contribution in [1.82, 2.24) is 0 Å². The second-order valence-electron chi connectivity index (χ2n) is 4.20. The van der Waals surface area contributed by atoms with Crippen LogP contribution in [0.5, 0.6) is 0 Å². The first-order valence-electron chi connectivity index (χ1n) is 5.06. The van der Waals surface area contributed by atoms with Gasteiger partial charge in [0, 0.05) is 17.3 Å². The molecule has 0 atom stereocenters. The molecule has 2 rings (SSSR count). The maximum Gasteiger partial charge on any atom is 0.0747 e. The lowest BCUT2D eigenvalue weighted by molar-refractivity contribution is 0.711. The summed E-state index contributed by atoms with van der Waals surface area (Å²) in [5.74, 6) is 0. The molecule has 0 spiro atoms. The molecular weight excluding hydrogens is 208 g/mol. The number of nitrogens with one attached hydrogen (secondary N) is 1. The Morgan fingerprint density at radius 3 is 2.80 bits per heavy atom. The molecule has 1 fully saturated rings. The third-order valence-electron chi connectivity index (χ3n) is 2.90. The van der Waals surface area contributed by atoms with Gasteiger partial charge in [0.1, 0.15) is 0 Å². The molecule has 0 unspecified atom stereocenters. The van der Waals surface area contributed by atoms with Crippen LogP contribution in [0, 0.1) is 23.7 Å². The zero-order chi connectivity index (χ0) is 10.9. The summed E-state index contributed by atoms with van der Waals surface area (Å²) in [5.41, 5.74) is 2.09. The van der Waals surface area contributed by atoms with Crippen LogP contribution in [0.3, 0.4) is 0 Å². The van der Waals surface area contributed by atoms with Gasteiger partial charge in [0.2, 0.25) is 0 Å². The molecule has 0 aliphatic heterocycles. The van der Waals surface area contributed by atoms with E-state index in [9.17, 15) is 0 Å². The molecule has 2 nitrogen and oxygen atoms in total. The Morgan fingerprint density at radius 2 is 2.27 bits per heavy atom. The quantitative estimate of drug-likeness (QED) is 0.848. The fraction of sp³-hybridized carbons (Fsp3) is 0.417. The van der Waals surface area contributed by atoms with Crippen molar-refractivity contribution in [3.8, 4) is 6.07 Å². The van der Waals surface area contributed by atoms with Gasteiger partial charge in [0.05, 0.1) is 11.5 Å². The van der Waals surface area contributed by atoms with Gasteiger partial charge in [-0.25, -0.2) is 0 Å². The summed E-state index contributed by atoms with van der Waals surface area (Å²) in [6, 6.07) is 8.12. The average molecular weight is 221 g/mol. The summed E-state index contributed by atoms with van der Waals surface area (Å²) in [7, 11) is 0. The number of nitrogens with zero attached hydrogens (tertiary/aromatic N) is 1. The highest BCUT2D eigenvalue weighted by Crippen LogP contribution is 2.44. The molecule has 1 aliphatic carbocycles. The number of aryl methyl sites for hydroxylation is 1. The van der Waals surface area contributed by atoms with Gasteiger partial charge in [-0.15, -0.1) is 0 Å². The Kier molecular flexibility index (Phi) is 2.58. The molecule has 0 amide bonds. The van der Waals surface area contributed by atoms with Gasteiger partial charge in [-0.1, -0.05) is 11.6 Å². The lowest BCUT2D eigenvalue weighted by Crippen LogP contribution is -2.13. The minimum absolute atomic E-state index is 0.105. The van der Waals surface area contributed by atoms with Gasteiger partial charge in [-0.2, -0.15) is 5.26 Å². The fourth-order valence-corrected chi connectivity index (χ4v) is 1.80. The molecule has 3 heteroatoms. The number of hydrogen-bond acceptors (Lipinski definition) is 2. The van der Waals surface area contributed by atoms with E-state index in [1.165, 1.54) is 0 Å². The third-order valence-corrected chi connectivity index (χ3v) is 3.13. The molecule has 78 valence electrons. The summed E-state index contributed by atoms with van der Waals surface area (Å²) in [6.07, 6.45) is 2.03. The van der Waals surface area contributed by atoms with Gasteiger partial charge in [-0.05, 0) is 43.5 Å². The topological polar surface area (TPSA) is 35.8 Å². The van der Waals surface area contributed by atoms with Crippen molar-refractivity contribution >= 4 is 17.3 Å². The van der Waals surface area contributed by atoms with Crippen LogP contribution < -0.4 is 5.32 Å². The lowest BCUT2D eigenvalue weighted by Gasteiger charge is -2.12. The molecule has 15 heavy (non-hydrogen) atoms. The van der Waals surface area contributed by atoms with Gasteiger partial charge in [0.15, 0.2) is 0 Å². The lowest BCUT2D eigenvalue weighted by atomic mass is 10.1. The van der Waals surface area contributed by atoms with E-state index in [0.717, 1.165) is 35.7 Å². The monoisotopic (exact) mass is 220 g/mol. The number of benzene rings is 1. The van der Waals surface area contributed by atoms with Crippen LogP contribution in [-0.4, -0.2) is 6.54 Å². The maximum absolute atomic E-state index is 8.94. The largest absolute Gasteiger partial charge is 0.383 e. The first-order valence-corrected chi connectivity index (χ1v) is 5.44. The van der Waals surface area contributed by atoms with E-state index in [0.29, 0.717) is 0 Å². The van der Waals surface area contributed by atoms with E-state index in [-0.39, 0.29) is 5.41 Å². The minimum Gasteiger partial charge on any atom is -0.383 e. The van der Waals surface area contributed by atoms with Gasteiger partial charge in [0.25, 0.3) is 0 Å². The van der Waals surface area contributed by atoms with Crippen molar-refractivity contribution in [3.63, 3.8) is 0 Å². The van der Waals surface area contributed by atoms with Crippen LogP contribution >= 0.6 is 11.6 Å². The maximum atomic E-state index is 8.94. The Balaban J connectivity index is 2.03. The Bertz CT molecular complexity index is 416. The van der Waals surface area contributed by atoms with Crippen LogP contribution in [-0.2, 0) is 0 Å². The zero-order valence-electron chi connectivity index (χ0n) is 8.68. The van der Waals surface area contributed by atoms with E-state index in [4.69, 9.17) is 16.9 Å². The molecule has 1 saturated carbocycles. The van der Waals surface area contributed by atoms with Crippen LogP contribution in [0.4, 0.5) is 5.69 Å². The van der Waals surface area contributed by atoms with Crippen LogP contribution in [0.15, 0.2) is 18.2 Å². The molecule has 1 N–H and O–H groups in total. The van der Waals surface area contributed by atoms with Gasteiger partial charge in [-0.3, -0.25) is 0 Å². The highest BCUT2D eigenvalue weighted by molar-refractivity contribution is 6.30. The highest BCUT2D eigenvalue weighted by Gasteiger charge is 2.42. The van der Waals surface area contributed by atoms with E-state index in [2.05, 4.69) is 11.4 Å². The third kappa shape index (κ3) is 2.24. The van der Waals surface area contributed by atoms with Crippen molar-refractivity contribution in [2.75, 3.05) is 11.9 Å². The summed E-state index contributed by atoms with van der Waals surface area (Å²) >= 11 is 5.87. The molecule has 0 bridgehead atoms. The Hall–Kier alpha value is -1.20. The Morgan fingerprint density at radius 1 is 1.53 bits per heavy atom. The van der Waals surface area contributed by atoms with Crippen molar-refractivity contribution < 1.29 is 0 Å². The molecule has 1 aliphatic rings. The zero-order valence-corrected chi connectivity index (χ0v) is 9.43. The average Bonchev–Trinajstić information content (AvgIpc) is 2.97. The predicted molar refractivity (Wildman–Crippen MR) is 62.0 cm³/mol. The standard InChI is InChI=1S/C12H13ClN2/c1-9-6-10(13)2-3-11(9)15-8-12(7-14)4-5-12/h2-3,6,15H,4-5,8H2,1H3.